The first kappa shape index (κ1) is 22.2. The molecule has 6 nitrogen and oxygen atoms in total. The van der Waals surface area contributed by atoms with Crippen LogP contribution in [0.2, 0.25) is 0 Å². The van der Waals surface area contributed by atoms with Gasteiger partial charge in [0.25, 0.3) is 0 Å². The maximum atomic E-state index is 12.7. The monoisotopic (exact) mass is 427 g/mol. The molecule has 2 aromatic carbocycles. The standard InChI is InChI=1S/C23H29N3O3S/c1-4-26(5-2)19(16-9-8-10-17(13-16)29-3)15-24-22(27)14-21-23(28)25-18-11-6-7-12-20(18)30-21/h6-13,19,21H,4-5,14-15H2,1-3H3,(H,24,27)(H,25,28)/t19-,21-/m0/s1. The summed E-state index contributed by atoms with van der Waals surface area (Å²) in [5, 5.41) is 5.51. The first-order valence-corrected chi connectivity index (χ1v) is 11.1. The number of benzene rings is 2. The van der Waals surface area contributed by atoms with E-state index in [1.165, 1.54) is 11.8 Å². The Hall–Kier alpha value is -2.51. The van der Waals surface area contributed by atoms with Gasteiger partial charge in [-0.1, -0.05) is 38.1 Å². The van der Waals surface area contributed by atoms with E-state index in [1.807, 2.05) is 42.5 Å². The van der Waals surface area contributed by atoms with E-state index >= 15 is 0 Å². The van der Waals surface area contributed by atoms with Gasteiger partial charge in [-0.3, -0.25) is 14.5 Å². The van der Waals surface area contributed by atoms with Gasteiger partial charge in [-0.25, -0.2) is 0 Å². The summed E-state index contributed by atoms with van der Waals surface area (Å²) in [7, 11) is 1.65. The van der Waals surface area contributed by atoms with Crippen molar-refractivity contribution in [1.82, 2.24) is 10.2 Å². The Morgan fingerprint density at radius 1 is 1.20 bits per heavy atom. The average Bonchev–Trinajstić information content (AvgIpc) is 2.77. The molecule has 1 aliphatic heterocycles. The molecule has 0 spiro atoms. The highest BCUT2D eigenvalue weighted by molar-refractivity contribution is 8.01. The van der Waals surface area contributed by atoms with Gasteiger partial charge in [-0.15, -0.1) is 11.8 Å². The van der Waals surface area contributed by atoms with Crippen LogP contribution in [0, 0.1) is 0 Å². The van der Waals surface area contributed by atoms with E-state index in [9.17, 15) is 9.59 Å². The molecule has 2 aromatic rings. The van der Waals surface area contributed by atoms with Crippen LogP contribution in [0.5, 0.6) is 5.75 Å². The largest absolute Gasteiger partial charge is 0.497 e. The second-order valence-electron chi connectivity index (χ2n) is 7.11. The number of hydrogen-bond acceptors (Lipinski definition) is 5. The quantitative estimate of drug-likeness (QED) is 0.639. The summed E-state index contributed by atoms with van der Waals surface area (Å²) < 4.78 is 5.37. The molecular formula is C23H29N3O3S. The van der Waals surface area contributed by atoms with Crippen molar-refractivity contribution in [2.45, 2.75) is 36.5 Å². The van der Waals surface area contributed by atoms with Crippen LogP contribution in [0.25, 0.3) is 0 Å². The average molecular weight is 428 g/mol. The van der Waals surface area contributed by atoms with Crippen LogP contribution in [0.3, 0.4) is 0 Å². The fourth-order valence-electron chi connectivity index (χ4n) is 3.65. The number of ether oxygens (including phenoxy) is 1. The molecule has 0 radical (unpaired) electrons. The predicted octanol–water partition coefficient (Wildman–Crippen LogP) is 3.70. The lowest BCUT2D eigenvalue weighted by atomic mass is 10.0. The van der Waals surface area contributed by atoms with E-state index in [-0.39, 0.29) is 24.3 Å². The number of nitrogens with one attached hydrogen (secondary N) is 2. The SMILES string of the molecule is CCN(CC)[C@@H](CNC(=O)C[C@@H]1Sc2ccccc2NC1=O)c1cccc(OC)c1. The highest BCUT2D eigenvalue weighted by Crippen LogP contribution is 2.36. The number of anilines is 1. The highest BCUT2D eigenvalue weighted by Gasteiger charge is 2.29. The molecular weight excluding hydrogens is 398 g/mol. The molecule has 2 N–H and O–H groups in total. The third-order valence-corrected chi connectivity index (χ3v) is 6.58. The number of rotatable bonds is 9. The van der Waals surface area contributed by atoms with Crippen molar-refractivity contribution in [3.05, 3.63) is 54.1 Å². The molecule has 7 heteroatoms. The molecule has 0 fully saturated rings. The van der Waals surface area contributed by atoms with E-state index < -0.39 is 5.25 Å². The number of fused-ring (bicyclic) bond motifs is 1. The smallest absolute Gasteiger partial charge is 0.238 e. The van der Waals surface area contributed by atoms with Crippen LogP contribution in [-0.2, 0) is 9.59 Å². The van der Waals surface area contributed by atoms with Crippen LogP contribution in [-0.4, -0.2) is 48.7 Å². The number of amides is 2. The van der Waals surface area contributed by atoms with Gasteiger partial charge in [-0.05, 0) is 42.9 Å². The fraction of sp³-hybridized carbons (Fsp3) is 0.391. The summed E-state index contributed by atoms with van der Waals surface area (Å²) in [5.74, 6) is 0.550. The van der Waals surface area contributed by atoms with Gasteiger partial charge in [0.05, 0.1) is 24.1 Å². The third-order valence-electron chi connectivity index (χ3n) is 5.30. The minimum Gasteiger partial charge on any atom is -0.497 e. The molecule has 2 amide bonds. The number of methoxy groups -OCH3 is 1. The minimum absolute atomic E-state index is 0.0348. The van der Waals surface area contributed by atoms with E-state index in [2.05, 4.69) is 35.4 Å². The van der Waals surface area contributed by atoms with Crippen LogP contribution in [0.1, 0.15) is 31.9 Å². The van der Waals surface area contributed by atoms with E-state index in [1.54, 1.807) is 7.11 Å². The van der Waals surface area contributed by atoms with Crippen molar-refractivity contribution in [3.8, 4) is 5.75 Å². The van der Waals surface area contributed by atoms with Crippen molar-refractivity contribution in [1.29, 1.82) is 0 Å². The van der Waals surface area contributed by atoms with E-state index in [4.69, 9.17) is 4.74 Å². The molecule has 0 aromatic heterocycles. The number of carbonyl (C=O) groups excluding carboxylic acids is 2. The number of hydrogen-bond donors (Lipinski definition) is 2. The van der Waals surface area contributed by atoms with Gasteiger partial charge < -0.3 is 15.4 Å². The van der Waals surface area contributed by atoms with Crippen molar-refractivity contribution in [2.24, 2.45) is 0 Å². The van der Waals surface area contributed by atoms with Crippen molar-refractivity contribution >= 4 is 29.3 Å². The first-order chi connectivity index (χ1) is 14.5. The molecule has 0 saturated carbocycles. The summed E-state index contributed by atoms with van der Waals surface area (Å²) in [6, 6.07) is 15.6. The Kier molecular flexibility index (Phi) is 7.76. The maximum absolute atomic E-state index is 12.7. The van der Waals surface area contributed by atoms with Crippen LogP contribution >= 0.6 is 11.8 Å². The Morgan fingerprint density at radius 3 is 2.70 bits per heavy atom. The number of nitrogens with zero attached hydrogens (tertiary/aromatic N) is 1. The number of para-hydroxylation sites is 1. The molecule has 0 unspecified atom stereocenters. The zero-order valence-corrected chi connectivity index (χ0v) is 18.5. The van der Waals surface area contributed by atoms with Crippen LogP contribution in [0.15, 0.2) is 53.4 Å². The Labute approximate surface area is 182 Å². The number of likely N-dealkylation sites (N-methyl/N-ethyl adjacent to an activating group) is 1. The second-order valence-corrected chi connectivity index (χ2v) is 8.36. The fourth-order valence-corrected chi connectivity index (χ4v) is 4.76. The van der Waals surface area contributed by atoms with Gasteiger partial charge in [-0.2, -0.15) is 0 Å². The third kappa shape index (κ3) is 5.34. The van der Waals surface area contributed by atoms with Crippen molar-refractivity contribution in [3.63, 3.8) is 0 Å². The molecule has 1 aliphatic rings. The number of carbonyl (C=O) groups is 2. The second kappa shape index (κ2) is 10.5. The van der Waals surface area contributed by atoms with Gasteiger partial charge in [0, 0.05) is 17.9 Å². The summed E-state index contributed by atoms with van der Waals surface area (Å²) in [6.07, 6.45) is 0.147. The normalized spacial score (nSPS) is 16.5. The molecule has 160 valence electrons. The van der Waals surface area contributed by atoms with Crippen molar-refractivity contribution < 1.29 is 14.3 Å². The Balaban J connectivity index is 1.65. The van der Waals surface area contributed by atoms with E-state index in [0.717, 1.165) is 35.0 Å². The summed E-state index contributed by atoms with van der Waals surface area (Å²) >= 11 is 1.44. The zero-order valence-electron chi connectivity index (χ0n) is 17.7. The lowest BCUT2D eigenvalue weighted by Crippen LogP contribution is -2.40. The molecule has 0 saturated heterocycles. The van der Waals surface area contributed by atoms with Gasteiger partial charge >= 0.3 is 0 Å². The van der Waals surface area contributed by atoms with Gasteiger partial charge in [0.1, 0.15) is 5.75 Å². The molecule has 0 aliphatic carbocycles. The Morgan fingerprint density at radius 2 is 1.97 bits per heavy atom. The molecule has 30 heavy (non-hydrogen) atoms. The lowest BCUT2D eigenvalue weighted by molar-refractivity contribution is -0.124. The minimum atomic E-state index is -0.427. The number of thioether (sulfide) groups is 1. The Bertz CT molecular complexity index is 886. The zero-order chi connectivity index (χ0) is 21.5. The van der Waals surface area contributed by atoms with Gasteiger partial charge in [0.2, 0.25) is 11.8 Å². The summed E-state index contributed by atoms with van der Waals surface area (Å²) in [5.41, 5.74) is 1.90. The molecule has 2 atom stereocenters. The maximum Gasteiger partial charge on any atom is 0.238 e. The van der Waals surface area contributed by atoms with Crippen LogP contribution < -0.4 is 15.4 Å². The highest BCUT2D eigenvalue weighted by atomic mass is 32.2. The predicted molar refractivity (Wildman–Crippen MR) is 121 cm³/mol. The molecule has 1 heterocycles. The van der Waals surface area contributed by atoms with Crippen molar-refractivity contribution in [2.75, 3.05) is 32.1 Å². The first-order valence-electron chi connectivity index (χ1n) is 10.3. The molecule has 3 rings (SSSR count). The van der Waals surface area contributed by atoms with Crippen LogP contribution in [0.4, 0.5) is 5.69 Å². The summed E-state index contributed by atoms with van der Waals surface area (Å²) in [4.78, 5) is 28.4. The topological polar surface area (TPSA) is 70.7 Å². The lowest BCUT2D eigenvalue weighted by Gasteiger charge is -2.31. The van der Waals surface area contributed by atoms with E-state index in [0.29, 0.717) is 6.54 Å². The molecule has 0 bridgehead atoms. The summed E-state index contributed by atoms with van der Waals surface area (Å²) in [6.45, 7) is 6.43. The van der Waals surface area contributed by atoms with Gasteiger partial charge in [0.15, 0.2) is 0 Å².